The summed E-state index contributed by atoms with van der Waals surface area (Å²) in [6.45, 7) is 6.78. The Morgan fingerprint density at radius 3 is 2.56 bits per heavy atom. The van der Waals surface area contributed by atoms with Crippen molar-refractivity contribution < 1.29 is 9.53 Å². The summed E-state index contributed by atoms with van der Waals surface area (Å²) in [5, 5.41) is 8.36. The Labute approximate surface area is 200 Å². The van der Waals surface area contributed by atoms with Crippen molar-refractivity contribution in [2.75, 3.05) is 30.9 Å². The molecule has 2 heterocycles. The Balaban J connectivity index is 1.66. The third-order valence-corrected chi connectivity index (χ3v) is 6.49. The molecule has 1 aromatic heterocycles. The first-order chi connectivity index (χ1) is 16.3. The molecule has 7 heteroatoms. The number of Topliss-reactive ketones (excluding diaryl/α,β-unsaturated/α-hetero) is 1. The van der Waals surface area contributed by atoms with Crippen molar-refractivity contribution in [2.24, 2.45) is 5.41 Å². The Morgan fingerprint density at radius 2 is 1.85 bits per heavy atom. The lowest BCUT2D eigenvalue weighted by molar-refractivity contribution is -0.118. The van der Waals surface area contributed by atoms with Crippen LogP contribution in [-0.2, 0) is 4.79 Å². The molecular weight excluding hydrogens is 426 g/mol. The first kappa shape index (κ1) is 22.2. The van der Waals surface area contributed by atoms with Gasteiger partial charge in [0.1, 0.15) is 11.8 Å². The molecule has 0 spiro atoms. The van der Waals surface area contributed by atoms with Crippen LogP contribution in [0.3, 0.4) is 0 Å². The van der Waals surface area contributed by atoms with E-state index in [1.165, 1.54) is 0 Å². The number of carbonyl (C=O) groups excluding carboxylic acids is 1. The van der Waals surface area contributed by atoms with E-state index in [0.717, 1.165) is 40.3 Å². The minimum absolute atomic E-state index is 0.111. The molecule has 1 unspecified atom stereocenters. The molecule has 1 N–H and O–H groups in total. The first-order valence-corrected chi connectivity index (χ1v) is 11.8. The zero-order valence-electron chi connectivity index (χ0n) is 20.4. The average molecular weight is 458 g/mol. The topological polar surface area (TPSA) is 72.3 Å². The van der Waals surface area contributed by atoms with Gasteiger partial charge < -0.3 is 15.0 Å². The van der Waals surface area contributed by atoms with Crippen LogP contribution in [0.5, 0.6) is 5.75 Å². The molecule has 0 bridgehead atoms. The molecule has 0 saturated heterocycles. The Kier molecular flexibility index (Phi) is 5.42. The smallest absolute Gasteiger partial charge is 0.226 e. The summed E-state index contributed by atoms with van der Waals surface area (Å²) in [4.78, 5) is 20.4. The summed E-state index contributed by atoms with van der Waals surface area (Å²) < 4.78 is 7.82. The van der Waals surface area contributed by atoms with E-state index in [1.807, 2.05) is 62.1 Å². The van der Waals surface area contributed by atoms with Crippen molar-refractivity contribution in [3.05, 3.63) is 65.4 Å². The van der Waals surface area contributed by atoms with Crippen LogP contribution >= 0.6 is 0 Å². The summed E-state index contributed by atoms with van der Waals surface area (Å²) in [5.41, 5.74) is 4.55. The maximum absolute atomic E-state index is 13.5. The van der Waals surface area contributed by atoms with E-state index >= 15 is 0 Å². The number of nitrogens with zero attached hydrogens (tertiary/aromatic N) is 4. The minimum Gasteiger partial charge on any atom is -0.494 e. The number of ketones is 1. The number of hydrogen-bond donors (Lipinski definition) is 1. The van der Waals surface area contributed by atoms with Crippen LogP contribution in [0.25, 0.3) is 11.4 Å². The van der Waals surface area contributed by atoms with Crippen LogP contribution in [0.1, 0.15) is 45.2 Å². The molecule has 0 fully saturated rings. The molecular formula is C27H31N5O2. The number of aromatic nitrogens is 3. The summed E-state index contributed by atoms with van der Waals surface area (Å²) in [6.07, 6.45) is 1.28. The van der Waals surface area contributed by atoms with Gasteiger partial charge >= 0.3 is 0 Å². The monoisotopic (exact) mass is 457 g/mol. The number of anilines is 2. The lowest BCUT2D eigenvalue weighted by Gasteiger charge is -2.38. The predicted octanol–water partition coefficient (Wildman–Crippen LogP) is 5.07. The second kappa shape index (κ2) is 8.31. The summed E-state index contributed by atoms with van der Waals surface area (Å²) >= 11 is 0. The van der Waals surface area contributed by atoms with E-state index in [0.29, 0.717) is 24.8 Å². The van der Waals surface area contributed by atoms with E-state index < -0.39 is 0 Å². The highest BCUT2D eigenvalue weighted by molar-refractivity contribution is 6.00. The van der Waals surface area contributed by atoms with Crippen LogP contribution in [0.15, 0.2) is 59.8 Å². The van der Waals surface area contributed by atoms with E-state index in [1.54, 1.807) is 0 Å². The van der Waals surface area contributed by atoms with Gasteiger partial charge in [0.15, 0.2) is 11.6 Å². The van der Waals surface area contributed by atoms with Gasteiger partial charge in [-0.3, -0.25) is 4.79 Å². The van der Waals surface area contributed by atoms with Crippen molar-refractivity contribution in [3.63, 3.8) is 0 Å². The number of para-hydroxylation sites is 1. The SMILES string of the molecule is CCOc1ccccc1C1C2=C(CC(C)(C)CC2=O)Nc2nc(-c3ccc(N(C)C)cc3)nn21. The standard InChI is InChI=1S/C27H31N5O2/c1-6-34-22-10-8-7-9-19(22)24-23-20(15-27(2,3)16-21(23)33)28-26-29-25(30-32(24)26)17-11-13-18(14-12-17)31(4)5/h7-14,24H,6,15-16H2,1-5H3,(H,28,29,30). The molecule has 2 aliphatic rings. The van der Waals surface area contributed by atoms with E-state index in [9.17, 15) is 4.79 Å². The van der Waals surface area contributed by atoms with E-state index in [4.69, 9.17) is 14.8 Å². The van der Waals surface area contributed by atoms with E-state index in [2.05, 4.69) is 36.2 Å². The molecule has 2 aromatic carbocycles. The zero-order chi connectivity index (χ0) is 24.0. The molecule has 3 aromatic rings. The van der Waals surface area contributed by atoms with Gasteiger partial charge in [-0.2, -0.15) is 4.98 Å². The molecule has 0 radical (unpaired) electrons. The molecule has 34 heavy (non-hydrogen) atoms. The van der Waals surface area contributed by atoms with Crippen molar-refractivity contribution in [1.82, 2.24) is 14.8 Å². The maximum atomic E-state index is 13.5. The number of fused-ring (bicyclic) bond motifs is 1. The van der Waals surface area contributed by atoms with Gasteiger partial charge in [-0.05, 0) is 49.1 Å². The van der Waals surface area contributed by atoms with Crippen LogP contribution in [0.2, 0.25) is 0 Å². The summed E-state index contributed by atoms with van der Waals surface area (Å²) in [5.74, 6) is 2.18. The van der Waals surface area contributed by atoms with Crippen LogP contribution in [0, 0.1) is 5.41 Å². The fourth-order valence-corrected chi connectivity index (χ4v) is 4.92. The van der Waals surface area contributed by atoms with Crippen LogP contribution in [0.4, 0.5) is 11.6 Å². The van der Waals surface area contributed by atoms with Gasteiger partial charge in [-0.15, -0.1) is 5.10 Å². The number of carbonyl (C=O) groups is 1. The van der Waals surface area contributed by atoms with Crippen molar-refractivity contribution >= 4 is 17.4 Å². The van der Waals surface area contributed by atoms with E-state index in [-0.39, 0.29) is 17.2 Å². The Bertz CT molecular complexity index is 1270. The third kappa shape index (κ3) is 3.85. The Hall–Kier alpha value is -3.61. The van der Waals surface area contributed by atoms with Gasteiger partial charge in [-0.1, -0.05) is 32.0 Å². The van der Waals surface area contributed by atoms with Gasteiger partial charge in [0.2, 0.25) is 5.95 Å². The minimum atomic E-state index is -0.389. The molecule has 0 saturated carbocycles. The maximum Gasteiger partial charge on any atom is 0.226 e. The number of allylic oxidation sites excluding steroid dienone is 2. The predicted molar refractivity (Wildman–Crippen MR) is 134 cm³/mol. The number of ether oxygens (including phenoxy) is 1. The first-order valence-electron chi connectivity index (χ1n) is 11.8. The lowest BCUT2D eigenvalue weighted by Crippen LogP contribution is -2.36. The molecule has 7 nitrogen and oxygen atoms in total. The van der Waals surface area contributed by atoms with Gasteiger partial charge in [0.25, 0.3) is 0 Å². The van der Waals surface area contributed by atoms with Crippen molar-refractivity contribution in [1.29, 1.82) is 0 Å². The molecule has 1 aliphatic carbocycles. The van der Waals surface area contributed by atoms with Crippen molar-refractivity contribution in [2.45, 2.75) is 39.7 Å². The van der Waals surface area contributed by atoms with Gasteiger partial charge in [0, 0.05) is 48.6 Å². The number of benzene rings is 2. The second-order valence-corrected chi connectivity index (χ2v) is 9.98. The molecule has 1 atom stereocenters. The second-order valence-electron chi connectivity index (χ2n) is 9.98. The molecule has 0 amide bonds. The van der Waals surface area contributed by atoms with Crippen molar-refractivity contribution in [3.8, 4) is 17.1 Å². The summed E-state index contributed by atoms with van der Waals surface area (Å²) in [7, 11) is 4.03. The summed E-state index contributed by atoms with van der Waals surface area (Å²) in [6, 6.07) is 15.7. The molecule has 176 valence electrons. The van der Waals surface area contributed by atoms with Gasteiger partial charge in [-0.25, -0.2) is 4.68 Å². The normalized spacial score (nSPS) is 18.7. The fourth-order valence-electron chi connectivity index (χ4n) is 4.92. The largest absolute Gasteiger partial charge is 0.494 e. The number of nitrogens with one attached hydrogen (secondary N) is 1. The molecule has 5 rings (SSSR count). The average Bonchev–Trinajstić information content (AvgIpc) is 3.21. The number of rotatable bonds is 5. The Morgan fingerprint density at radius 1 is 1.12 bits per heavy atom. The van der Waals surface area contributed by atoms with Crippen LogP contribution in [-0.4, -0.2) is 41.2 Å². The zero-order valence-corrected chi connectivity index (χ0v) is 20.4. The highest BCUT2D eigenvalue weighted by Gasteiger charge is 2.42. The lowest BCUT2D eigenvalue weighted by atomic mass is 9.73. The fraction of sp³-hybridized carbons (Fsp3) is 0.370. The van der Waals surface area contributed by atoms with Gasteiger partial charge in [0.05, 0.1) is 6.61 Å². The highest BCUT2D eigenvalue weighted by Crippen LogP contribution is 2.47. The highest BCUT2D eigenvalue weighted by atomic mass is 16.5. The molecule has 1 aliphatic heterocycles. The quantitative estimate of drug-likeness (QED) is 0.577. The van der Waals surface area contributed by atoms with Crippen LogP contribution < -0.4 is 15.0 Å². The third-order valence-electron chi connectivity index (χ3n) is 6.49. The number of hydrogen-bond acceptors (Lipinski definition) is 6.